The van der Waals surface area contributed by atoms with Crippen LogP contribution in [0.5, 0.6) is 0 Å². The molecule has 0 aromatic heterocycles. The Bertz CT molecular complexity index is 275. The van der Waals surface area contributed by atoms with Gasteiger partial charge < -0.3 is 0 Å². The number of aldehydes is 1. The van der Waals surface area contributed by atoms with Crippen molar-refractivity contribution in [2.24, 2.45) is 0 Å². The van der Waals surface area contributed by atoms with Crippen molar-refractivity contribution in [1.29, 1.82) is 0 Å². The van der Waals surface area contributed by atoms with Gasteiger partial charge in [-0.25, -0.2) is 0 Å². The molecule has 1 aromatic carbocycles. The van der Waals surface area contributed by atoms with E-state index in [2.05, 4.69) is 61.1 Å². The molecule has 0 aliphatic rings. The van der Waals surface area contributed by atoms with E-state index in [1.165, 1.54) is 0 Å². The van der Waals surface area contributed by atoms with Gasteiger partial charge in [0.2, 0.25) is 0 Å². The average molecular weight is 437 g/mol. The summed E-state index contributed by atoms with van der Waals surface area (Å²) in [7, 11) is 0. The minimum Gasteiger partial charge on any atom is -0.298 e. The SMILES string of the molecule is O=Cc1c(I)cc(Br)cc1I. The van der Waals surface area contributed by atoms with Gasteiger partial charge in [-0.15, -0.1) is 0 Å². The number of hydrogen-bond donors (Lipinski definition) is 0. The maximum Gasteiger partial charge on any atom is 0.152 e. The van der Waals surface area contributed by atoms with Crippen molar-refractivity contribution >= 4 is 67.4 Å². The molecule has 1 aromatic rings. The predicted molar refractivity (Wildman–Crippen MR) is 65.0 cm³/mol. The molecule has 1 nitrogen and oxygen atoms in total. The van der Waals surface area contributed by atoms with E-state index in [0.717, 1.165) is 23.5 Å². The molecule has 0 heterocycles. The number of carbonyl (C=O) groups excluding carboxylic acids is 1. The molecule has 0 atom stereocenters. The van der Waals surface area contributed by atoms with Gasteiger partial charge in [-0.3, -0.25) is 4.79 Å². The summed E-state index contributed by atoms with van der Waals surface area (Å²) in [6, 6.07) is 3.85. The number of benzene rings is 1. The summed E-state index contributed by atoms with van der Waals surface area (Å²) in [6.07, 6.45) is 0.885. The summed E-state index contributed by atoms with van der Waals surface area (Å²) in [5, 5.41) is 0. The lowest BCUT2D eigenvalue weighted by atomic mass is 10.2. The molecule has 0 saturated heterocycles. The zero-order chi connectivity index (χ0) is 8.43. The molecule has 11 heavy (non-hydrogen) atoms. The third kappa shape index (κ3) is 2.38. The highest BCUT2D eigenvalue weighted by atomic mass is 127. The minimum atomic E-state index is 0.773. The standard InChI is InChI=1S/C7H3BrI2O/c8-4-1-6(9)5(3-11)7(10)2-4/h1-3H. The zero-order valence-electron chi connectivity index (χ0n) is 5.27. The number of hydrogen-bond acceptors (Lipinski definition) is 1. The Kier molecular flexibility index (Phi) is 3.76. The van der Waals surface area contributed by atoms with Crippen molar-refractivity contribution in [1.82, 2.24) is 0 Å². The van der Waals surface area contributed by atoms with Gasteiger partial charge in [-0.1, -0.05) is 15.9 Å². The van der Waals surface area contributed by atoms with Gasteiger partial charge in [0.15, 0.2) is 6.29 Å². The Morgan fingerprint density at radius 2 is 1.73 bits per heavy atom. The maximum absolute atomic E-state index is 10.5. The van der Waals surface area contributed by atoms with Gasteiger partial charge >= 0.3 is 0 Å². The fraction of sp³-hybridized carbons (Fsp3) is 0. The van der Waals surface area contributed by atoms with Gasteiger partial charge in [0.1, 0.15) is 0 Å². The quantitative estimate of drug-likeness (QED) is 0.487. The fourth-order valence-electron chi connectivity index (χ4n) is 0.666. The highest BCUT2D eigenvalue weighted by Gasteiger charge is 2.04. The molecule has 58 valence electrons. The summed E-state index contributed by atoms with van der Waals surface area (Å²) in [4.78, 5) is 10.5. The van der Waals surface area contributed by atoms with Crippen molar-refractivity contribution in [3.8, 4) is 0 Å². The molecule has 1 rings (SSSR count). The van der Waals surface area contributed by atoms with Crippen molar-refractivity contribution in [2.45, 2.75) is 0 Å². The van der Waals surface area contributed by atoms with Gasteiger partial charge in [-0.2, -0.15) is 0 Å². The summed E-state index contributed by atoms with van der Waals surface area (Å²) in [5.74, 6) is 0. The number of carbonyl (C=O) groups is 1. The second-order valence-electron chi connectivity index (χ2n) is 1.90. The van der Waals surface area contributed by atoms with E-state index < -0.39 is 0 Å². The van der Waals surface area contributed by atoms with E-state index in [1.807, 2.05) is 12.1 Å². The molecule has 0 unspecified atom stereocenters. The second kappa shape index (κ2) is 4.18. The van der Waals surface area contributed by atoms with Crippen molar-refractivity contribution in [3.63, 3.8) is 0 Å². The molecule has 0 amide bonds. The van der Waals surface area contributed by atoms with E-state index in [0.29, 0.717) is 0 Å². The van der Waals surface area contributed by atoms with Crippen LogP contribution >= 0.6 is 61.1 Å². The van der Waals surface area contributed by atoms with Gasteiger partial charge in [0.25, 0.3) is 0 Å². The van der Waals surface area contributed by atoms with Crippen LogP contribution in [0.2, 0.25) is 0 Å². The lowest BCUT2D eigenvalue weighted by Gasteiger charge is -2.00. The first kappa shape index (κ1) is 9.91. The topological polar surface area (TPSA) is 17.1 Å². The molecule has 0 fully saturated rings. The first-order valence-corrected chi connectivity index (χ1v) is 5.70. The van der Waals surface area contributed by atoms with Crippen LogP contribution in [0.4, 0.5) is 0 Å². The number of halogens is 3. The average Bonchev–Trinajstić information content (AvgIpc) is 1.85. The van der Waals surface area contributed by atoms with Crippen LogP contribution in [0, 0.1) is 7.14 Å². The first-order chi connectivity index (χ1) is 5.15. The van der Waals surface area contributed by atoms with Crippen LogP contribution in [-0.4, -0.2) is 6.29 Å². The second-order valence-corrected chi connectivity index (χ2v) is 5.14. The van der Waals surface area contributed by atoms with Gasteiger partial charge in [0.05, 0.1) is 0 Å². The molecule has 4 heteroatoms. The highest BCUT2D eigenvalue weighted by molar-refractivity contribution is 14.1. The van der Waals surface area contributed by atoms with Crippen molar-refractivity contribution in [2.75, 3.05) is 0 Å². The monoisotopic (exact) mass is 436 g/mol. The van der Waals surface area contributed by atoms with E-state index in [9.17, 15) is 4.79 Å². The molecule has 0 N–H and O–H groups in total. The minimum absolute atomic E-state index is 0.773. The first-order valence-electron chi connectivity index (χ1n) is 2.75. The van der Waals surface area contributed by atoms with Crippen molar-refractivity contribution in [3.05, 3.63) is 29.3 Å². The Labute approximate surface area is 100 Å². The molecular formula is C7H3BrI2O. The van der Waals surface area contributed by atoms with E-state index in [1.54, 1.807) is 0 Å². The summed E-state index contributed by atoms with van der Waals surface area (Å²) in [5.41, 5.74) is 0.773. The van der Waals surface area contributed by atoms with E-state index >= 15 is 0 Å². The fourth-order valence-corrected chi connectivity index (χ4v) is 4.00. The zero-order valence-corrected chi connectivity index (χ0v) is 11.2. The van der Waals surface area contributed by atoms with Crippen LogP contribution in [0.1, 0.15) is 10.4 Å². The predicted octanol–water partition coefficient (Wildman–Crippen LogP) is 3.47. The molecule has 0 aliphatic heterocycles. The normalized spacial score (nSPS) is 9.73. The van der Waals surface area contributed by atoms with Crippen LogP contribution in [0.3, 0.4) is 0 Å². The third-order valence-electron chi connectivity index (χ3n) is 1.16. The Balaban J connectivity index is 3.36. The van der Waals surface area contributed by atoms with Gasteiger partial charge in [0, 0.05) is 17.2 Å². The van der Waals surface area contributed by atoms with Crippen LogP contribution in [0.25, 0.3) is 0 Å². The largest absolute Gasteiger partial charge is 0.298 e. The Hall–Kier alpha value is 0.830. The van der Waals surface area contributed by atoms with E-state index in [4.69, 9.17) is 0 Å². The molecule has 0 saturated carbocycles. The molecule has 0 spiro atoms. The van der Waals surface area contributed by atoms with E-state index in [-0.39, 0.29) is 0 Å². The lowest BCUT2D eigenvalue weighted by molar-refractivity contribution is 0.112. The molecular weight excluding hydrogens is 434 g/mol. The number of rotatable bonds is 1. The maximum atomic E-state index is 10.5. The summed E-state index contributed by atoms with van der Waals surface area (Å²) >= 11 is 7.64. The van der Waals surface area contributed by atoms with Gasteiger partial charge in [-0.05, 0) is 57.3 Å². The van der Waals surface area contributed by atoms with Crippen LogP contribution in [0.15, 0.2) is 16.6 Å². The highest BCUT2D eigenvalue weighted by Crippen LogP contribution is 2.22. The smallest absolute Gasteiger partial charge is 0.152 e. The Morgan fingerprint density at radius 1 is 1.27 bits per heavy atom. The lowest BCUT2D eigenvalue weighted by Crippen LogP contribution is -1.90. The van der Waals surface area contributed by atoms with Crippen LogP contribution in [-0.2, 0) is 0 Å². The Morgan fingerprint density at radius 3 is 2.09 bits per heavy atom. The van der Waals surface area contributed by atoms with Crippen LogP contribution < -0.4 is 0 Å². The summed E-state index contributed by atoms with van der Waals surface area (Å²) < 4.78 is 2.98. The third-order valence-corrected chi connectivity index (χ3v) is 3.40. The molecule has 0 bridgehead atoms. The molecule has 0 radical (unpaired) electrons. The summed E-state index contributed by atoms with van der Waals surface area (Å²) in [6.45, 7) is 0. The molecule has 0 aliphatic carbocycles. The van der Waals surface area contributed by atoms with Crippen molar-refractivity contribution < 1.29 is 4.79 Å².